The van der Waals surface area contributed by atoms with Gasteiger partial charge in [-0.15, -0.1) is 0 Å². The van der Waals surface area contributed by atoms with Crippen LogP contribution < -0.4 is 4.74 Å². The lowest BCUT2D eigenvalue weighted by atomic mass is 9.91. The van der Waals surface area contributed by atoms with Crippen molar-refractivity contribution in [1.82, 2.24) is 19.7 Å². The van der Waals surface area contributed by atoms with Gasteiger partial charge in [0.1, 0.15) is 18.4 Å². The molecule has 0 spiro atoms. The number of aromatic nitrogens is 1. The van der Waals surface area contributed by atoms with Crippen molar-refractivity contribution in [2.24, 2.45) is 0 Å². The first-order chi connectivity index (χ1) is 18.7. The minimum atomic E-state index is -0.566. The maximum Gasteiger partial charge on any atom is 0.245 e. The number of pyridine rings is 1. The van der Waals surface area contributed by atoms with E-state index < -0.39 is 6.04 Å². The van der Waals surface area contributed by atoms with Crippen molar-refractivity contribution >= 4 is 35.0 Å². The SMILES string of the molecule is CC[C@H](COc1cc(C)cnc1C1CCN(C(=O)[C@@H](Cc2ccc(Cl)cc2Cl)N2CCCC2=O)CC1)N(C)C. The van der Waals surface area contributed by atoms with Gasteiger partial charge in [-0.3, -0.25) is 14.6 Å². The Morgan fingerprint density at radius 2 is 1.92 bits per heavy atom. The van der Waals surface area contributed by atoms with E-state index in [1.165, 1.54) is 0 Å². The van der Waals surface area contributed by atoms with Gasteiger partial charge in [0.2, 0.25) is 11.8 Å². The number of rotatable bonds is 10. The van der Waals surface area contributed by atoms with Crippen LogP contribution in [0.2, 0.25) is 10.0 Å². The molecule has 0 bridgehead atoms. The molecule has 2 aliphatic heterocycles. The van der Waals surface area contributed by atoms with Crippen LogP contribution in [0.4, 0.5) is 0 Å². The van der Waals surface area contributed by atoms with Crippen LogP contribution in [0.25, 0.3) is 0 Å². The molecule has 9 heteroatoms. The number of ether oxygens (including phenoxy) is 1. The van der Waals surface area contributed by atoms with Gasteiger partial charge in [0, 0.05) is 60.7 Å². The number of nitrogens with zero attached hydrogens (tertiary/aromatic N) is 4. The molecule has 0 unspecified atom stereocenters. The third-order valence-electron chi connectivity index (χ3n) is 8.04. The fourth-order valence-corrected chi connectivity index (χ4v) is 6.09. The van der Waals surface area contributed by atoms with Gasteiger partial charge in [0.15, 0.2) is 0 Å². The van der Waals surface area contributed by atoms with E-state index in [1.807, 2.05) is 24.1 Å². The standard InChI is InChI=1S/C30H40Cl2N4O3/c1-5-24(34(3)4)19-39-27-15-20(2)18-33-29(27)21-10-13-35(14-11-21)30(38)26(36-12-6-7-28(36)37)16-22-8-9-23(31)17-25(22)32/h8-9,15,17-18,21,24,26H,5-7,10-14,16,19H2,1-4H3/t24-,26-/m1/s1. The predicted molar refractivity (Wildman–Crippen MR) is 156 cm³/mol. The minimum absolute atomic E-state index is 0.0140. The zero-order chi connectivity index (χ0) is 28.1. The van der Waals surface area contributed by atoms with Crippen LogP contribution in [0.5, 0.6) is 5.75 Å². The van der Waals surface area contributed by atoms with Gasteiger partial charge in [0.05, 0.1) is 5.69 Å². The van der Waals surface area contributed by atoms with Gasteiger partial charge in [-0.05, 0) is 76.0 Å². The van der Waals surface area contributed by atoms with Gasteiger partial charge in [-0.2, -0.15) is 0 Å². The number of carbonyl (C=O) groups excluding carboxylic acids is 2. The van der Waals surface area contributed by atoms with E-state index in [4.69, 9.17) is 32.9 Å². The summed E-state index contributed by atoms with van der Waals surface area (Å²) in [7, 11) is 4.15. The average Bonchev–Trinajstić information content (AvgIpc) is 3.33. The number of hydrogen-bond acceptors (Lipinski definition) is 5. The second-order valence-corrected chi connectivity index (χ2v) is 11.8. The number of benzene rings is 1. The smallest absolute Gasteiger partial charge is 0.245 e. The number of aryl methyl sites for hydroxylation is 1. The second-order valence-electron chi connectivity index (χ2n) is 11.0. The zero-order valence-corrected chi connectivity index (χ0v) is 25.0. The molecule has 0 saturated carbocycles. The molecule has 2 aliphatic rings. The van der Waals surface area contributed by atoms with Gasteiger partial charge in [-0.25, -0.2) is 0 Å². The molecule has 0 aliphatic carbocycles. The summed E-state index contributed by atoms with van der Waals surface area (Å²) in [5, 5.41) is 1.06. The van der Waals surface area contributed by atoms with Crippen molar-refractivity contribution in [3.05, 3.63) is 57.3 Å². The summed E-state index contributed by atoms with van der Waals surface area (Å²) in [6.07, 6.45) is 6.12. The molecule has 2 saturated heterocycles. The number of likely N-dealkylation sites (tertiary alicyclic amines) is 2. The highest BCUT2D eigenvalue weighted by atomic mass is 35.5. The largest absolute Gasteiger partial charge is 0.490 e. The maximum absolute atomic E-state index is 13.9. The van der Waals surface area contributed by atoms with Crippen LogP contribution in [-0.4, -0.2) is 83.9 Å². The molecule has 4 rings (SSSR count). The van der Waals surface area contributed by atoms with Crippen molar-refractivity contribution in [2.75, 3.05) is 40.3 Å². The van der Waals surface area contributed by atoms with E-state index in [0.717, 1.165) is 48.3 Å². The summed E-state index contributed by atoms with van der Waals surface area (Å²) in [6.45, 7) is 6.62. The van der Waals surface area contributed by atoms with E-state index in [-0.39, 0.29) is 17.7 Å². The number of likely N-dealkylation sites (N-methyl/N-ethyl adjacent to an activating group) is 1. The quantitative estimate of drug-likeness (QED) is 0.382. The summed E-state index contributed by atoms with van der Waals surface area (Å²) in [6, 6.07) is 7.15. The Bertz CT molecular complexity index is 1170. The summed E-state index contributed by atoms with van der Waals surface area (Å²) >= 11 is 12.5. The Kier molecular flexibility index (Phi) is 10.1. The van der Waals surface area contributed by atoms with Crippen molar-refractivity contribution < 1.29 is 14.3 Å². The summed E-state index contributed by atoms with van der Waals surface area (Å²) in [5.41, 5.74) is 2.86. The third-order valence-corrected chi connectivity index (χ3v) is 8.63. The molecule has 2 atom stereocenters. The molecule has 3 heterocycles. The second kappa shape index (κ2) is 13.3. The number of halogens is 2. The van der Waals surface area contributed by atoms with Crippen LogP contribution in [0.3, 0.4) is 0 Å². The molecule has 2 amide bonds. The molecular weight excluding hydrogens is 535 g/mol. The maximum atomic E-state index is 13.9. The lowest BCUT2D eigenvalue weighted by Crippen LogP contribution is -2.52. The predicted octanol–water partition coefficient (Wildman–Crippen LogP) is 5.36. The van der Waals surface area contributed by atoms with Gasteiger partial charge < -0.3 is 19.4 Å². The fraction of sp³-hybridized carbons (Fsp3) is 0.567. The van der Waals surface area contributed by atoms with Crippen LogP contribution in [0.1, 0.15) is 61.8 Å². The summed E-state index contributed by atoms with van der Waals surface area (Å²) in [4.78, 5) is 37.2. The first-order valence-corrected chi connectivity index (χ1v) is 14.7. The van der Waals surface area contributed by atoms with E-state index in [9.17, 15) is 9.59 Å². The molecule has 0 radical (unpaired) electrons. The third kappa shape index (κ3) is 7.24. The van der Waals surface area contributed by atoms with Crippen LogP contribution in [0, 0.1) is 6.92 Å². The van der Waals surface area contributed by atoms with E-state index in [1.54, 1.807) is 17.0 Å². The number of piperidine rings is 1. The highest BCUT2D eigenvalue weighted by Gasteiger charge is 2.37. The van der Waals surface area contributed by atoms with Gasteiger partial charge >= 0.3 is 0 Å². The normalized spacial score (nSPS) is 18.1. The Hall–Kier alpha value is -2.35. The molecule has 39 heavy (non-hydrogen) atoms. The minimum Gasteiger partial charge on any atom is -0.490 e. The highest BCUT2D eigenvalue weighted by Crippen LogP contribution is 2.34. The summed E-state index contributed by atoms with van der Waals surface area (Å²) < 4.78 is 6.31. The highest BCUT2D eigenvalue weighted by molar-refractivity contribution is 6.35. The Morgan fingerprint density at radius 3 is 2.54 bits per heavy atom. The van der Waals surface area contributed by atoms with Crippen molar-refractivity contribution in [3.63, 3.8) is 0 Å². The Balaban J connectivity index is 1.46. The van der Waals surface area contributed by atoms with Gasteiger partial charge in [0.25, 0.3) is 0 Å². The molecule has 2 aromatic rings. The van der Waals surface area contributed by atoms with E-state index in [2.05, 4.69) is 32.0 Å². The molecular formula is C30H40Cl2N4O3. The zero-order valence-electron chi connectivity index (χ0n) is 23.5. The molecule has 2 fully saturated rings. The molecule has 0 N–H and O–H groups in total. The van der Waals surface area contributed by atoms with Crippen molar-refractivity contribution in [2.45, 2.75) is 70.4 Å². The molecule has 1 aromatic heterocycles. The average molecular weight is 576 g/mol. The van der Waals surface area contributed by atoms with Crippen LogP contribution >= 0.6 is 23.2 Å². The van der Waals surface area contributed by atoms with Crippen molar-refractivity contribution in [3.8, 4) is 5.75 Å². The number of carbonyl (C=O) groups is 2. The fourth-order valence-electron chi connectivity index (χ4n) is 5.60. The first kappa shape index (κ1) is 29.6. The lowest BCUT2D eigenvalue weighted by molar-refractivity contribution is -0.144. The van der Waals surface area contributed by atoms with Crippen LogP contribution in [-0.2, 0) is 16.0 Å². The van der Waals surface area contributed by atoms with Crippen molar-refractivity contribution in [1.29, 1.82) is 0 Å². The number of amides is 2. The van der Waals surface area contributed by atoms with E-state index >= 15 is 0 Å². The topological polar surface area (TPSA) is 66.0 Å². The summed E-state index contributed by atoms with van der Waals surface area (Å²) in [5.74, 6) is 1.07. The number of hydrogen-bond donors (Lipinski definition) is 0. The first-order valence-electron chi connectivity index (χ1n) is 14.0. The monoisotopic (exact) mass is 574 g/mol. The lowest BCUT2D eigenvalue weighted by Gasteiger charge is -2.37. The molecule has 7 nitrogen and oxygen atoms in total. The van der Waals surface area contributed by atoms with Crippen LogP contribution in [0.15, 0.2) is 30.5 Å². The Morgan fingerprint density at radius 1 is 1.18 bits per heavy atom. The van der Waals surface area contributed by atoms with E-state index in [0.29, 0.717) is 55.2 Å². The van der Waals surface area contributed by atoms with Gasteiger partial charge in [-0.1, -0.05) is 36.2 Å². The molecule has 212 valence electrons. The Labute approximate surface area is 242 Å². The molecule has 1 aromatic carbocycles.